The number of hydrogen-bond acceptors (Lipinski definition) is 2. The average molecular weight is 228 g/mol. The first-order valence-corrected chi connectivity index (χ1v) is 7.11. The van der Waals surface area contributed by atoms with Crippen LogP contribution in [0.3, 0.4) is 0 Å². The number of unbranched alkanes of at least 4 members (excludes halogenated alkanes) is 3. The van der Waals surface area contributed by atoms with E-state index in [-0.39, 0.29) is 5.79 Å². The fraction of sp³-hybridized carbons (Fsp3) is 1.00. The highest BCUT2D eigenvalue weighted by atomic mass is 16.7. The van der Waals surface area contributed by atoms with Gasteiger partial charge in [-0.25, -0.2) is 0 Å². The van der Waals surface area contributed by atoms with Crippen LogP contribution in [0.4, 0.5) is 0 Å². The summed E-state index contributed by atoms with van der Waals surface area (Å²) < 4.78 is 12.0. The largest absolute Gasteiger partial charge is 0.350 e. The Hall–Kier alpha value is -0.0800. The van der Waals surface area contributed by atoms with E-state index >= 15 is 0 Å². The van der Waals surface area contributed by atoms with Crippen molar-refractivity contribution in [3.05, 3.63) is 0 Å². The van der Waals surface area contributed by atoms with Gasteiger partial charge in [-0.3, -0.25) is 0 Å². The van der Waals surface area contributed by atoms with Gasteiger partial charge in [-0.1, -0.05) is 39.5 Å². The smallest absolute Gasteiger partial charge is 0.168 e. The first-order valence-electron chi connectivity index (χ1n) is 7.11. The van der Waals surface area contributed by atoms with Gasteiger partial charge in [-0.2, -0.15) is 0 Å². The Morgan fingerprint density at radius 3 is 2.06 bits per heavy atom. The van der Waals surface area contributed by atoms with Crippen molar-refractivity contribution in [3.63, 3.8) is 0 Å². The van der Waals surface area contributed by atoms with Crippen molar-refractivity contribution in [3.8, 4) is 0 Å². The summed E-state index contributed by atoms with van der Waals surface area (Å²) in [4.78, 5) is 0. The maximum Gasteiger partial charge on any atom is 0.168 e. The molecule has 1 aliphatic heterocycles. The van der Waals surface area contributed by atoms with Gasteiger partial charge in [0.15, 0.2) is 5.79 Å². The molecule has 0 radical (unpaired) electrons. The molecular weight excluding hydrogens is 200 g/mol. The monoisotopic (exact) mass is 228 g/mol. The van der Waals surface area contributed by atoms with E-state index in [2.05, 4.69) is 13.8 Å². The lowest BCUT2D eigenvalue weighted by atomic mass is 10.0. The zero-order valence-electron chi connectivity index (χ0n) is 11.1. The van der Waals surface area contributed by atoms with Gasteiger partial charge in [0.1, 0.15) is 0 Å². The van der Waals surface area contributed by atoms with E-state index in [4.69, 9.17) is 9.47 Å². The Kier molecular flexibility index (Phi) is 7.06. The van der Waals surface area contributed by atoms with E-state index in [1.165, 1.54) is 25.7 Å². The van der Waals surface area contributed by atoms with Gasteiger partial charge < -0.3 is 9.47 Å². The highest BCUT2D eigenvalue weighted by Crippen LogP contribution is 2.29. The fourth-order valence-electron chi connectivity index (χ4n) is 2.38. The highest BCUT2D eigenvalue weighted by molar-refractivity contribution is 4.72. The summed E-state index contributed by atoms with van der Waals surface area (Å²) >= 11 is 0. The minimum atomic E-state index is -0.237. The van der Waals surface area contributed by atoms with Crippen molar-refractivity contribution in [2.24, 2.45) is 0 Å². The van der Waals surface area contributed by atoms with Gasteiger partial charge >= 0.3 is 0 Å². The van der Waals surface area contributed by atoms with Gasteiger partial charge in [0.25, 0.3) is 0 Å². The van der Waals surface area contributed by atoms with Crippen molar-refractivity contribution in [1.29, 1.82) is 0 Å². The summed E-state index contributed by atoms with van der Waals surface area (Å²) in [7, 11) is 0. The zero-order chi connectivity index (χ0) is 11.7. The summed E-state index contributed by atoms with van der Waals surface area (Å²) in [5, 5.41) is 0. The molecule has 0 unspecified atom stereocenters. The third-order valence-corrected chi connectivity index (χ3v) is 3.31. The lowest BCUT2D eigenvalue weighted by Crippen LogP contribution is -2.35. The second kappa shape index (κ2) is 8.08. The van der Waals surface area contributed by atoms with Gasteiger partial charge in [0.2, 0.25) is 0 Å². The van der Waals surface area contributed by atoms with Crippen LogP contribution in [0.2, 0.25) is 0 Å². The molecule has 1 heterocycles. The standard InChI is InChI=1S/C14H28O2/c1-3-5-6-7-11-14(10-4-2)15-12-8-9-13-16-14/h3-13H2,1-2H3. The SMILES string of the molecule is CCCCCCC1(CCC)OCCCCO1. The molecule has 1 aliphatic rings. The van der Waals surface area contributed by atoms with E-state index in [0.29, 0.717) is 0 Å². The van der Waals surface area contributed by atoms with Crippen molar-refractivity contribution < 1.29 is 9.47 Å². The molecule has 0 aromatic heterocycles. The van der Waals surface area contributed by atoms with Crippen LogP contribution in [0, 0.1) is 0 Å². The predicted octanol–water partition coefficient (Wildman–Crippen LogP) is 4.28. The molecular formula is C14H28O2. The van der Waals surface area contributed by atoms with Gasteiger partial charge in [-0.15, -0.1) is 0 Å². The molecule has 0 bridgehead atoms. The molecule has 0 atom stereocenters. The second-order valence-corrected chi connectivity index (χ2v) is 4.88. The van der Waals surface area contributed by atoms with Crippen LogP contribution in [0.15, 0.2) is 0 Å². The molecule has 2 heteroatoms. The molecule has 0 aromatic rings. The first-order chi connectivity index (χ1) is 7.83. The van der Waals surface area contributed by atoms with E-state index in [0.717, 1.165) is 45.3 Å². The van der Waals surface area contributed by atoms with Gasteiger partial charge in [0.05, 0.1) is 13.2 Å². The second-order valence-electron chi connectivity index (χ2n) is 4.88. The summed E-state index contributed by atoms with van der Waals surface area (Å²) in [5.74, 6) is -0.237. The van der Waals surface area contributed by atoms with E-state index in [1.807, 2.05) is 0 Å². The van der Waals surface area contributed by atoms with Crippen LogP contribution in [0.1, 0.15) is 71.6 Å². The Balaban J connectivity index is 2.36. The van der Waals surface area contributed by atoms with Crippen molar-refractivity contribution in [2.75, 3.05) is 13.2 Å². The molecule has 96 valence electrons. The lowest BCUT2D eigenvalue weighted by Gasteiger charge is -2.32. The minimum Gasteiger partial charge on any atom is -0.350 e. The van der Waals surface area contributed by atoms with Crippen molar-refractivity contribution in [1.82, 2.24) is 0 Å². The highest BCUT2D eigenvalue weighted by Gasteiger charge is 2.31. The molecule has 1 rings (SSSR count). The number of rotatable bonds is 7. The van der Waals surface area contributed by atoms with Gasteiger partial charge in [0, 0.05) is 12.8 Å². The first kappa shape index (κ1) is 14.0. The predicted molar refractivity (Wildman–Crippen MR) is 67.5 cm³/mol. The summed E-state index contributed by atoms with van der Waals surface area (Å²) in [6, 6.07) is 0. The maximum absolute atomic E-state index is 5.99. The van der Waals surface area contributed by atoms with Crippen LogP contribution in [0.25, 0.3) is 0 Å². The van der Waals surface area contributed by atoms with Crippen LogP contribution < -0.4 is 0 Å². The number of hydrogen-bond donors (Lipinski definition) is 0. The summed E-state index contributed by atoms with van der Waals surface area (Å²) in [6.45, 7) is 6.23. The molecule has 1 saturated heterocycles. The third-order valence-electron chi connectivity index (χ3n) is 3.31. The lowest BCUT2D eigenvalue weighted by molar-refractivity contribution is -0.234. The molecule has 0 spiro atoms. The van der Waals surface area contributed by atoms with Crippen LogP contribution in [-0.4, -0.2) is 19.0 Å². The summed E-state index contributed by atoms with van der Waals surface area (Å²) in [5.41, 5.74) is 0. The Labute approximate surface area is 101 Å². The Bertz CT molecular complexity index is 160. The van der Waals surface area contributed by atoms with E-state index in [1.54, 1.807) is 0 Å². The van der Waals surface area contributed by atoms with Crippen LogP contribution in [0.5, 0.6) is 0 Å². The normalized spacial score (nSPS) is 20.6. The molecule has 2 nitrogen and oxygen atoms in total. The van der Waals surface area contributed by atoms with Crippen molar-refractivity contribution >= 4 is 0 Å². The molecule has 0 aromatic carbocycles. The van der Waals surface area contributed by atoms with E-state index in [9.17, 15) is 0 Å². The Morgan fingerprint density at radius 2 is 1.50 bits per heavy atom. The summed E-state index contributed by atoms with van der Waals surface area (Å²) in [6.07, 6.45) is 10.8. The van der Waals surface area contributed by atoms with Gasteiger partial charge in [-0.05, 0) is 19.3 Å². The third kappa shape index (κ3) is 4.84. The Morgan fingerprint density at radius 1 is 0.812 bits per heavy atom. The molecule has 0 N–H and O–H groups in total. The molecule has 0 aliphatic carbocycles. The minimum absolute atomic E-state index is 0.237. The van der Waals surface area contributed by atoms with Crippen LogP contribution in [-0.2, 0) is 9.47 Å². The molecule has 0 amide bonds. The van der Waals surface area contributed by atoms with Crippen LogP contribution >= 0.6 is 0 Å². The molecule has 16 heavy (non-hydrogen) atoms. The molecule has 1 fully saturated rings. The van der Waals surface area contributed by atoms with E-state index < -0.39 is 0 Å². The topological polar surface area (TPSA) is 18.5 Å². The quantitative estimate of drug-likeness (QED) is 0.605. The maximum atomic E-state index is 5.99. The number of ether oxygens (including phenoxy) is 2. The zero-order valence-corrected chi connectivity index (χ0v) is 11.1. The average Bonchev–Trinajstić information content (AvgIpc) is 2.51. The van der Waals surface area contributed by atoms with Crippen molar-refractivity contribution in [2.45, 2.75) is 77.4 Å². The fourth-order valence-corrected chi connectivity index (χ4v) is 2.38. The molecule has 0 saturated carbocycles.